The fourth-order valence-electron chi connectivity index (χ4n) is 2.58. The first-order valence-electron chi connectivity index (χ1n) is 11.8. The zero-order valence-corrected chi connectivity index (χ0v) is 20.4. The lowest BCUT2D eigenvalue weighted by atomic mass is 10.1. The Hall–Kier alpha value is -1.26. The topological polar surface area (TPSA) is 64.6 Å². The van der Waals surface area contributed by atoms with Crippen LogP contribution in [-0.4, -0.2) is 30.3 Å². The first-order valence-corrected chi connectivity index (χ1v) is 11.8. The molecule has 1 amide bonds. The van der Waals surface area contributed by atoms with Crippen molar-refractivity contribution in [2.75, 3.05) is 6.61 Å². The Labute approximate surface area is 180 Å². The molecule has 0 aromatic heterocycles. The fraction of sp³-hybridized carbons (Fsp3) is 0.917. The smallest absolute Gasteiger partial charge is 0.408 e. The van der Waals surface area contributed by atoms with Crippen molar-refractivity contribution in [1.29, 1.82) is 0 Å². The van der Waals surface area contributed by atoms with Crippen molar-refractivity contribution < 1.29 is 19.1 Å². The fourth-order valence-corrected chi connectivity index (χ4v) is 2.58. The van der Waals surface area contributed by atoms with Crippen LogP contribution < -0.4 is 5.32 Å². The standard InChI is InChI=1S/C15H29NO4.C9H20/c1-6-7-8-9-10-11-19-13(17)12(2)16-14(18)20-15(3,4)5;1-3-5-7-9-8-6-4-2/h12H,6-11H2,1-5H3,(H,16,18);3-9H2,1-2H3. The van der Waals surface area contributed by atoms with Crippen LogP contribution in [-0.2, 0) is 14.3 Å². The van der Waals surface area contributed by atoms with Crippen LogP contribution in [0, 0.1) is 0 Å². The molecule has 0 aliphatic carbocycles. The van der Waals surface area contributed by atoms with Crippen molar-refractivity contribution in [2.45, 2.75) is 137 Å². The number of hydrogen-bond donors (Lipinski definition) is 1. The van der Waals surface area contributed by atoms with Crippen molar-refractivity contribution >= 4 is 12.1 Å². The van der Waals surface area contributed by atoms with Gasteiger partial charge in [-0.1, -0.05) is 91.4 Å². The summed E-state index contributed by atoms with van der Waals surface area (Å²) in [5, 5.41) is 2.46. The number of carbonyl (C=O) groups is 2. The van der Waals surface area contributed by atoms with Gasteiger partial charge in [0.2, 0.25) is 0 Å². The van der Waals surface area contributed by atoms with E-state index in [1.165, 1.54) is 64.2 Å². The molecule has 0 saturated carbocycles. The maximum absolute atomic E-state index is 11.6. The molecule has 0 heterocycles. The third-order valence-electron chi connectivity index (χ3n) is 4.29. The van der Waals surface area contributed by atoms with Gasteiger partial charge in [-0.3, -0.25) is 0 Å². The van der Waals surface area contributed by atoms with Crippen LogP contribution in [0.5, 0.6) is 0 Å². The number of carbonyl (C=O) groups excluding carboxylic acids is 2. The normalized spacial score (nSPS) is 11.8. The molecule has 0 rings (SSSR count). The molecule has 0 fully saturated rings. The minimum atomic E-state index is -0.694. The van der Waals surface area contributed by atoms with Crippen molar-refractivity contribution in [1.82, 2.24) is 5.32 Å². The average Bonchev–Trinajstić information content (AvgIpc) is 2.63. The SMILES string of the molecule is CCCCCCCCC.CCCCCCCOC(=O)C(C)NC(=O)OC(C)(C)C. The van der Waals surface area contributed by atoms with E-state index in [1.54, 1.807) is 27.7 Å². The molecule has 29 heavy (non-hydrogen) atoms. The van der Waals surface area contributed by atoms with E-state index in [0.717, 1.165) is 12.8 Å². The summed E-state index contributed by atoms with van der Waals surface area (Å²) in [6.45, 7) is 14.0. The van der Waals surface area contributed by atoms with Gasteiger partial charge in [0.25, 0.3) is 0 Å². The first-order chi connectivity index (χ1) is 13.7. The lowest BCUT2D eigenvalue weighted by Gasteiger charge is -2.21. The largest absolute Gasteiger partial charge is 0.464 e. The summed E-state index contributed by atoms with van der Waals surface area (Å²) in [6, 6.07) is -0.694. The van der Waals surface area contributed by atoms with Crippen LogP contribution in [0.3, 0.4) is 0 Å². The molecule has 1 N–H and O–H groups in total. The van der Waals surface area contributed by atoms with Gasteiger partial charge in [0.1, 0.15) is 11.6 Å². The molecule has 1 atom stereocenters. The Bertz CT molecular complexity index is 385. The third kappa shape index (κ3) is 24.7. The lowest BCUT2D eigenvalue weighted by Crippen LogP contribution is -2.42. The van der Waals surface area contributed by atoms with Crippen LogP contribution >= 0.6 is 0 Å². The predicted octanol–water partition coefficient (Wildman–Crippen LogP) is 7.17. The summed E-state index contributed by atoms with van der Waals surface area (Å²) < 4.78 is 10.2. The zero-order chi connectivity index (χ0) is 22.5. The second-order valence-corrected chi connectivity index (χ2v) is 8.72. The Kier molecular flexibility index (Phi) is 20.7. The molecule has 0 spiro atoms. The molecule has 0 aromatic rings. The molecule has 0 radical (unpaired) electrons. The number of alkyl carbamates (subject to hydrolysis) is 1. The number of amides is 1. The van der Waals surface area contributed by atoms with Crippen LogP contribution in [0.4, 0.5) is 4.79 Å². The molecule has 0 aliphatic heterocycles. The first kappa shape index (κ1) is 29.9. The van der Waals surface area contributed by atoms with Crippen LogP contribution in [0.25, 0.3) is 0 Å². The van der Waals surface area contributed by atoms with Crippen molar-refractivity contribution in [3.05, 3.63) is 0 Å². The van der Waals surface area contributed by atoms with Crippen molar-refractivity contribution in [3.63, 3.8) is 0 Å². The summed E-state index contributed by atoms with van der Waals surface area (Å²) in [7, 11) is 0. The monoisotopic (exact) mass is 415 g/mol. The van der Waals surface area contributed by atoms with E-state index in [2.05, 4.69) is 26.1 Å². The lowest BCUT2D eigenvalue weighted by molar-refractivity contribution is -0.145. The minimum absolute atomic E-state index is 0.406. The van der Waals surface area contributed by atoms with Crippen LogP contribution in [0.15, 0.2) is 0 Å². The van der Waals surface area contributed by atoms with Crippen molar-refractivity contribution in [3.8, 4) is 0 Å². The highest BCUT2D eigenvalue weighted by molar-refractivity contribution is 5.80. The van der Waals surface area contributed by atoms with Gasteiger partial charge in [-0.25, -0.2) is 9.59 Å². The van der Waals surface area contributed by atoms with Gasteiger partial charge in [-0.2, -0.15) is 0 Å². The maximum Gasteiger partial charge on any atom is 0.408 e. The number of rotatable bonds is 14. The Morgan fingerprint density at radius 2 is 1.17 bits per heavy atom. The number of nitrogens with one attached hydrogen (secondary N) is 1. The second-order valence-electron chi connectivity index (χ2n) is 8.72. The highest BCUT2D eigenvalue weighted by Crippen LogP contribution is 2.07. The zero-order valence-electron chi connectivity index (χ0n) is 20.4. The molecule has 1 unspecified atom stereocenters. The van der Waals surface area contributed by atoms with Gasteiger partial charge in [0.15, 0.2) is 0 Å². The summed E-state index contributed by atoms with van der Waals surface area (Å²) in [5.41, 5.74) is -0.576. The number of hydrogen-bond acceptors (Lipinski definition) is 4. The predicted molar refractivity (Wildman–Crippen MR) is 122 cm³/mol. The molecule has 0 aromatic carbocycles. The second kappa shape index (κ2) is 20.0. The summed E-state index contributed by atoms with van der Waals surface area (Å²) >= 11 is 0. The average molecular weight is 416 g/mol. The van der Waals surface area contributed by atoms with E-state index in [9.17, 15) is 9.59 Å². The molecular weight excluding hydrogens is 366 g/mol. The number of ether oxygens (including phenoxy) is 2. The Morgan fingerprint density at radius 1 is 0.759 bits per heavy atom. The maximum atomic E-state index is 11.6. The van der Waals surface area contributed by atoms with E-state index in [4.69, 9.17) is 9.47 Å². The van der Waals surface area contributed by atoms with Gasteiger partial charge >= 0.3 is 12.1 Å². The van der Waals surface area contributed by atoms with E-state index in [1.807, 2.05) is 0 Å². The summed E-state index contributed by atoms with van der Waals surface area (Å²) in [4.78, 5) is 23.1. The Morgan fingerprint density at radius 3 is 1.59 bits per heavy atom. The van der Waals surface area contributed by atoms with E-state index >= 15 is 0 Å². The molecule has 5 heteroatoms. The van der Waals surface area contributed by atoms with E-state index in [0.29, 0.717) is 6.61 Å². The molecule has 5 nitrogen and oxygen atoms in total. The molecular formula is C24H49NO4. The molecule has 0 saturated heterocycles. The van der Waals surface area contributed by atoms with Crippen LogP contribution in [0.2, 0.25) is 0 Å². The van der Waals surface area contributed by atoms with E-state index < -0.39 is 23.7 Å². The van der Waals surface area contributed by atoms with Crippen molar-refractivity contribution in [2.24, 2.45) is 0 Å². The number of unbranched alkanes of at least 4 members (excludes halogenated alkanes) is 10. The minimum Gasteiger partial charge on any atom is -0.464 e. The summed E-state index contributed by atoms with van der Waals surface area (Å²) in [6.07, 6.45) is 14.9. The van der Waals surface area contributed by atoms with Crippen LogP contribution in [0.1, 0.15) is 126 Å². The van der Waals surface area contributed by atoms with Gasteiger partial charge in [0.05, 0.1) is 6.61 Å². The Balaban J connectivity index is 0. The summed E-state index contributed by atoms with van der Waals surface area (Å²) in [5.74, 6) is -0.425. The van der Waals surface area contributed by atoms with Gasteiger partial charge in [0, 0.05) is 0 Å². The van der Waals surface area contributed by atoms with Gasteiger partial charge < -0.3 is 14.8 Å². The third-order valence-corrected chi connectivity index (χ3v) is 4.29. The quantitative estimate of drug-likeness (QED) is 0.241. The highest BCUT2D eigenvalue weighted by atomic mass is 16.6. The van der Waals surface area contributed by atoms with E-state index in [-0.39, 0.29) is 0 Å². The molecule has 174 valence electrons. The highest BCUT2D eigenvalue weighted by Gasteiger charge is 2.21. The van der Waals surface area contributed by atoms with Gasteiger partial charge in [-0.15, -0.1) is 0 Å². The van der Waals surface area contributed by atoms with Gasteiger partial charge in [-0.05, 0) is 34.1 Å². The molecule has 0 aliphatic rings. The molecule has 0 bridgehead atoms. The number of esters is 1.